The van der Waals surface area contributed by atoms with Gasteiger partial charge in [-0.15, -0.1) is 0 Å². The Morgan fingerprint density at radius 1 is 1.31 bits per heavy atom. The summed E-state index contributed by atoms with van der Waals surface area (Å²) in [5.74, 6) is -1.46. The van der Waals surface area contributed by atoms with Crippen LogP contribution in [-0.4, -0.2) is 0 Å². The molecule has 0 unspecified atom stereocenters. The Balaban J connectivity index is 3.43. The van der Waals surface area contributed by atoms with Crippen molar-refractivity contribution in [1.82, 2.24) is 0 Å². The predicted octanol–water partition coefficient (Wildman–Crippen LogP) is 2.81. The first-order valence-electron chi connectivity index (χ1n) is 3.77. The molecule has 1 aromatic rings. The molecule has 0 aromatic heterocycles. The normalized spacial score (nSPS) is 11.8. The van der Waals surface area contributed by atoms with Crippen molar-refractivity contribution in [2.75, 3.05) is 0 Å². The third-order valence-electron chi connectivity index (χ3n) is 1.69. The van der Waals surface area contributed by atoms with E-state index in [1.54, 1.807) is 0 Å². The molecule has 0 saturated heterocycles. The van der Waals surface area contributed by atoms with Crippen LogP contribution >= 0.6 is 11.6 Å². The summed E-state index contributed by atoms with van der Waals surface area (Å²) in [6.07, 6.45) is 0. The van der Waals surface area contributed by atoms with Gasteiger partial charge in [0.15, 0.2) is 0 Å². The molecule has 0 aliphatic heterocycles. The smallest absolute Gasteiger partial charge is 0.149 e. The topological polar surface area (TPSA) is 26.0 Å². The third-order valence-corrected chi connectivity index (χ3v) is 1.98. The Kier molecular flexibility index (Phi) is 2.59. The number of hydrogen-bond donors (Lipinski definition) is 1. The fourth-order valence-corrected chi connectivity index (χ4v) is 1.28. The maximum absolute atomic E-state index is 13.3. The molecular formula is C9H10ClF2N. The Bertz CT molecular complexity index is 331. The summed E-state index contributed by atoms with van der Waals surface area (Å²) in [7, 11) is 0. The molecule has 72 valence electrons. The molecule has 0 spiro atoms. The molecule has 0 radical (unpaired) electrons. The standard InChI is InChI=1S/C9H10ClF2N/c1-9(2,13)7-6(11)4-3-5(10)8(7)12/h3-4H,13H2,1-2H3. The van der Waals surface area contributed by atoms with Crippen LogP contribution in [0.2, 0.25) is 5.02 Å². The quantitative estimate of drug-likeness (QED) is 0.701. The van der Waals surface area contributed by atoms with Gasteiger partial charge in [0.25, 0.3) is 0 Å². The molecule has 0 atom stereocenters. The van der Waals surface area contributed by atoms with Gasteiger partial charge in [0.05, 0.1) is 5.02 Å². The average molecular weight is 206 g/mol. The molecule has 0 heterocycles. The van der Waals surface area contributed by atoms with Crippen LogP contribution in [0.4, 0.5) is 8.78 Å². The Hall–Kier alpha value is -0.670. The van der Waals surface area contributed by atoms with Crippen LogP contribution in [0.3, 0.4) is 0 Å². The molecular weight excluding hydrogens is 196 g/mol. The van der Waals surface area contributed by atoms with Crippen molar-refractivity contribution in [3.63, 3.8) is 0 Å². The number of benzene rings is 1. The minimum Gasteiger partial charge on any atom is -0.322 e. The van der Waals surface area contributed by atoms with Crippen LogP contribution in [0.5, 0.6) is 0 Å². The highest BCUT2D eigenvalue weighted by atomic mass is 35.5. The van der Waals surface area contributed by atoms with E-state index < -0.39 is 17.2 Å². The molecule has 0 amide bonds. The van der Waals surface area contributed by atoms with Gasteiger partial charge >= 0.3 is 0 Å². The van der Waals surface area contributed by atoms with Gasteiger partial charge in [-0.25, -0.2) is 8.78 Å². The SMILES string of the molecule is CC(C)(N)c1c(F)ccc(Cl)c1F. The van der Waals surface area contributed by atoms with Crippen molar-refractivity contribution < 1.29 is 8.78 Å². The highest BCUT2D eigenvalue weighted by Crippen LogP contribution is 2.28. The zero-order chi connectivity index (χ0) is 10.2. The molecule has 1 aromatic carbocycles. The van der Waals surface area contributed by atoms with Crippen LogP contribution in [0.25, 0.3) is 0 Å². The molecule has 0 bridgehead atoms. The molecule has 2 N–H and O–H groups in total. The number of nitrogens with two attached hydrogens (primary N) is 1. The molecule has 0 fully saturated rings. The van der Waals surface area contributed by atoms with Crippen molar-refractivity contribution in [2.45, 2.75) is 19.4 Å². The lowest BCUT2D eigenvalue weighted by atomic mass is 9.94. The van der Waals surface area contributed by atoms with Gasteiger partial charge in [-0.2, -0.15) is 0 Å². The number of hydrogen-bond acceptors (Lipinski definition) is 1. The van der Waals surface area contributed by atoms with E-state index in [0.29, 0.717) is 0 Å². The van der Waals surface area contributed by atoms with Gasteiger partial charge in [0.2, 0.25) is 0 Å². The van der Waals surface area contributed by atoms with Gasteiger partial charge in [-0.3, -0.25) is 0 Å². The van der Waals surface area contributed by atoms with Crippen molar-refractivity contribution in [2.24, 2.45) is 5.73 Å². The zero-order valence-electron chi connectivity index (χ0n) is 7.37. The van der Waals surface area contributed by atoms with E-state index in [1.165, 1.54) is 19.9 Å². The lowest BCUT2D eigenvalue weighted by Gasteiger charge is -2.20. The van der Waals surface area contributed by atoms with E-state index in [0.717, 1.165) is 6.07 Å². The fraction of sp³-hybridized carbons (Fsp3) is 0.333. The van der Waals surface area contributed by atoms with E-state index in [-0.39, 0.29) is 10.6 Å². The van der Waals surface area contributed by atoms with Crippen molar-refractivity contribution in [3.05, 3.63) is 34.4 Å². The molecule has 0 saturated carbocycles. The average Bonchev–Trinajstić information content (AvgIpc) is 1.95. The lowest BCUT2D eigenvalue weighted by Crippen LogP contribution is -2.31. The van der Waals surface area contributed by atoms with Crippen molar-refractivity contribution in [3.8, 4) is 0 Å². The van der Waals surface area contributed by atoms with Crippen LogP contribution in [-0.2, 0) is 5.54 Å². The van der Waals surface area contributed by atoms with Crippen LogP contribution in [0, 0.1) is 11.6 Å². The summed E-state index contributed by atoms with van der Waals surface area (Å²) in [4.78, 5) is 0. The Morgan fingerprint density at radius 2 is 1.85 bits per heavy atom. The van der Waals surface area contributed by atoms with Crippen molar-refractivity contribution >= 4 is 11.6 Å². The summed E-state index contributed by atoms with van der Waals surface area (Å²) in [5.41, 5.74) is 4.34. The summed E-state index contributed by atoms with van der Waals surface area (Å²) in [6, 6.07) is 2.27. The molecule has 1 nitrogen and oxygen atoms in total. The zero-order valence-corrected chi connectivity index (χ0v) is 8.12. The van der Waals surface area contributed by atoms with Gasteiger partial charge in [0, 0.05) is 11.1 Å². The predicted molar refractivity (Wildman–Crippen MR) is 48.6 cm³/mol. The van der Waals surface area contributed by atoms with Crippen LogP contribution in [0.1, 0.15) is 19.4 Å². The lowest BCUT2D eigenvalue weighted by molar-refractivity contribution is 0.459. The monoisotopic (exact) mass is 205 g/mol. The van der Waals surface area contributed by atoms with Crippen LogP contribution in [0.15, 0.2) is 12.1 Å². The maximum Gasteiger partial charge on any atom is 0.149 e. The highest BCUT2D eigenvalue weighted by Gasteiger charge is 2.24. The summed E-state index contributed by atoms with van der Waals surface area (Å²) in [6.45, 7) is 3.04. The largest absolute Gasteiger partial charge is 0.322 e. The first-order valence-corrected chi connectivity index (χ1v) is 4.14. The molecule has 1 rings (SSSR count). The van der Waals surface area contributed by atoms with E-state index in [4.69, 9.17) is 17.3 Å². The first-order chi connectivity index (χ1) is 5.84. The second-order valence-corrected chi connectivity index (χ2v) is 3.85. The van der Waals surface area contributed by atoms with Gasteiger partial charge < -0.3 is 5.73 Å². The van der Waals surface area contributed by atoms with Gasteiger partial charge in [0.1, 0.15) is 11.6 Å². The van der Waals surface area contributed by atoms with Crippen molar-refractivity contribution in [1.29, 1.82) is 0 Å². The van der Waals surface area contributed by atoms with E-state index >= 15 is 0 Å². The number of halogens is 3. The fourth-order valence-electron chi connectivity index (χ4n) is 1.12. The summed E-state index contributed by atoms with van der Waals surface area (Å²) in [5, 5.41) is -0.116. The second kappa shape index (κ2) is 3.24. The van der Waals surface area contributed by atoms with Gasteiger partial charge in [-0.1, -0.05) is 11.6 Å². The van der Waals surface area contributed by atoms with E-state index in [9.17, 15) is 8.78 Å². The van der Waals surface area contributed by atoms with E-state index in [2.05, 4.69) is 0 Å². The maximum atomic E-state index is 13.3. The molecule has 4 heteroatoms. The Labute approximate surface area is 80.5 Å². The molecule has 13 heavy (non-hydrogen) atoms. The first kappa shape index (κ1) is 10.4. The molecule has 0 aliphatic rings. The second-order valence-electron chi connectivity index (χ2n) is 3.44. The highest BCUT2D eigenvalue weighted by molar-refractivity contribution is 6.30. The number of rotatable bonds is 1. The third kappa shape index (κ3) is 1.98. The van der Waals surface area contributed by atoms with Crippen LogP contribution < -0.4 is 5.73 Å². The summed E-state index contributed by atoms with van der Waals surface area (Å²) < 4.78 is 26.5. The molecule has 0 aliphatic carbocycles. The minimum atomic E-state index is -1.07. The van der Waals surface area contributed by atoms with Gasteiger partial charge in [-0.05, 0) is 26.0 Å². The Morgan fingerprint density at radius 3 is 2.23 bits per heavy atom. The van der Waals surface area contributed by atoms with E-state index in [1.807, 2.05) is 0 Å². The summed E-state index contributed by atoms with van der Waals surface area (Å²) >= 11 is 5.49. The minimum absolute atomic E-state index is 0.116.